The van der Waals surface area contributed by atoms with Crippen LogP contribution in [0.25, 0.3) is 6.08 Å². The molecule has 0 unspecified atom stereocenters. The van der Waals surface area contributed by atoms with Crippen molar-refractivity contribution in [2.24, 2.45) is 0 Å². The molecule has 156 valence electrons. The highest BCUT2D eigenvalue weighted by atomic mass is 35.5. The number of nitrogens with one attached hydrogen (secondary N) is 1. The molecule has 0 aliphatic carbocycles. The van der Waals surface area contributed by atoms with Crippen LogP contribution in [0.1, 0.15) is 23.6 Å². The molecule has 8 heteroatoms. The molecule has 30 heavy (non-hydrogen) atoms. The lowest BCUT2D eigenvalue weighted by Gasteiger charge is -2.13. The van der Waals surface area contributed by atoms with Gasteiger partial charge in [0.2, 0.25) is 0 Å². The SMILES string of the molecule is CCOc1cc(/C=C(\C#N)C(=O)Nc2cccc(C)c2C)cc(Cl)c1OCC(=O)O. The molecule has 2 N–H and O–H groups in total. The summed E-state index contributed by atoms with van der Waals surface area (Å²) in [6.07, 6.45) is 1.37. The Morgan fingerprint density at radius 1 is 1.27 bits per heavy atom. The lowest BCUT2D eigenvalue weighted by molar-refractivity contribution is -0.139. The summed E-state index contributed by atoms with van der Waals surface area (Å²) in [5, 5.41) is 21.1. The van der Waals surface area contributed by atoms with Gasteiger partial charge in [-0.25, -0.2) is 4.79 Å². The monoisotopic (exact) mass is 428 g/mol. The largest absolute Gasteiger partial charge is 0.490 e. The van der Waals surface area contributed by atoms with E-state index in [0.717, 1.165) is 11.1 Å². The Hall–Kier alpha value is -3.50. The Kier molecular flexibility index (Phi) is 7.84. The summed E-state index contributed by atoms with van der Waals surface area (Å²) in [6, 6.07) is 10.4. The number of nitriles is 1. The van der Waals surface area contributed by atoms with Gasteiger partial charge < -0.3 is 19.9 Å². The molecule has 0 radical (unpaired) electrons. The normalized spacial score (nSPS) is 10.8. The maximum atomic E-state index is 12.6. The number of carbonyl (C=O) groups excluding carboxylic acids is 1. The number of benzene rings is 2. The van der Waals surface area contributed by atoms with Crippen molar-refractivity contribution in [3.8, 4) is 17.6 Å². The van der Waals surface area contributed by atoms with E-state index in [4.69, 9.17) is 26.2 Å². The first-order chi connectivity index (χ1) is 14.3. The number of ether oxygens (including phenoxy) is 2. The van der Waals surface area contributed by atoms with E-state index in [1.165, 1.54) is 18.2 Å². The Bertz CT molecular complexity index is 1040. The van der Waals surface area contributed by atoms with Crippen LogP contribution in [-0.4, -0.2) is 30.2 Å². The molecule has 0 aromatic heterocycles. The summed E-state index contributed by atoms with van der Waals surface area (Å²) in [5.41, 5.74) is 2.84. The van der Waals surface area contributed by atoms with Crippen molar-refractivity contribution in [1.82, 2.24) is 0 Å². The van der Waals surface area contributed by atoms with Gasteiger partial charge in [0.1, 0.15) is 11.6 Å². The van der Waals surface area contributed by atoms with Gasteiger partial charge in [-0.15, -0.1) is 0 Å². The summed E-state index contributed by atoms with van der Waals surface area (Å²) in [7, 11) is 0. The van der Waals surface area contributed by atoms with Crippen LogP contribution in [0.3, 0.4) is 0 Å². The summed E-state index contributed by atoms with van der Waals surface area (Å²) in [4.78, 5) is 23.4. The third-order valence-corrected chi connectivity index (χ3v) is 4.48. The quantitative estimate of drug-likeness (QED) is 0.477. The van der Waals surface area contributed by atoms with Crippen molar-refractivity contribution in [3.05, 3.63) is 57.6 Å². The van der Waals surface area contributed by atoms with E-state index in [1.54, 1.807) is 13.0 Å². The van der Waals surface area contributed by atoms with Crippen molar-refractivity contribution in [2.45, 2.75) is 20.8 Å². The van der Waals surface area contributed by atoms with Crippen molar-refractivity contribution in [1.29, 1.82) is 5.26 Å². The van der Waals surface area contributed by atoms with E-state index in [1.807, 2.05) is 32.0 Å². The van der Waals surface area contributed by atoms with Gasteiger partial charge in [0.05, 0.1) is 11.6 Å². The van der Waals surface area contributed by atoms with Gasteiger partial charge in [0, 0.05) is 5.69 Å². The number of anilines is 1. The number of aliphatic carboxylic acids is 1. The minimum atomic E-state index is -1.16. The van der Waals surface area contributed by atoms with Gasteiger partial charge >= 0.3 is 5.97 Å². The van der Waals surface area contributed by atoms with E-state index < -0.39 is 18.5 Å². The molecule has 0 saturated heterocycles. The van der Waals surface area contributed by atoms with Gasteiger partial charge in [-0.05, 0) is 61.7 Å². The molecule has 2 aromatic rings. The van der Waals surface area contributed by atoms with Crippen molar-refractivity contribution in [3.63, 3.8) is 0 Å². The summed E-state index contributed by atoms with van der Waals surface area (Å²) < 4.78 is 10.7. The third-order valence-electron chi connectivity index (χ3n) is 4.20. The van der Waals surface area contributed by atoms with Crippen molar-refractivity contribution < 1.29 is 24.2 Å². The molecular formula is C22H21ClN2O5. The molecule has 0 saturated carbocycles. The highest BCUT2D eigenvalue weighted by molar-refractivity contribution is 6.32. The zero-order valence-electron chi connectivity index (χ0n) is 16.8. The van der Waals surface area contributed by atoms with Crippen LogP contribution in [0, 0.1) is 25.2 Å². The fraction of sp³-hybridized carbons (Fsp3) is 0.227. The summed E-state index contributed by atoms with van der Waals surface area (Å²) >= 11 is 6.22. The maximum Gasteiger partial charge on any atom is 0.341 e. The highest BCUT2D eigenvalue weighted by Crippen LogP contribution is 2.37. The Morgan fingerprint density at radius 2 is 2.00 bits per heavy atom. The number of rotatable bonds is 8. The van der Waals surface area contributed by atoms with Crippen LogP contribution < -0.4 is 14.8 Å². The van der Waals surface area contributed by atoms with Gasteiger partial charge in [-0.3, -0.25) is 4.79 Å². The number of carboxylic acid groups (broad SMARTS) is 1. The van der Waals surface area contributed by atoms with Crippen molar-refractivity contribution in [2.75, 3.05) is 18.5 Å². The minimum absolute atomic E-state index is 0.0800. The number of halogens is 1. The molecule has 1 amide bonds. The number of amides is 1. The first-order valence-corrected chi connectivity index (χ1v) is 9.44. The lowest BCUT2D eigenvalue weighted by Crippen LogP contribution is -2.14. The van der Waals surface area contributed by atoms with Crippen molar-refractivity contribution >= 4 is 35.2 Å². The fourth-order valence-electron chi connectivity index (χ4n) is 2.60. The second-order valence-electron chi connectivity index (χ2n) is 6.32. The number of aryl methyl sites for hydroxylation is 1. The summed E-state index contributed by atoms with van der Waals surface area (Å²) in [5.74, 6) is -1.43. The van der Waals surface area contributed by atoms with E-state index in [9.17, 15) is 14.9 Å². The van der Waals surface area contributed by atoms with Crippen LogP contribution in [-0.2, 0) is 9.59 Å². The smallest absolute Gasteiger partial charge is 0.341 e. The van der Waals surface area contributed by atoms with Gasteiger partial charge in [-0.2, -0.15) is 5.26 Å². The molecule has 2 aromatic carbocycles. The Morgan fingerprint density at radius 3 is 2.63 bits per heavy atom. The second kappa shape index (κ2) is 10.3. The number of hydrogen-bond donors (Lipinski definition) is 2. The number of carboxylic acids is 1. The molecule has 0 heterocycles. The van der Waals surface area contributed by atoms with Crippen LogP contribution in [0.4, 0.5) is 5.69 Å². The maximum absolute atomic E-state index is 12.6. The molecule has 0 fully saturated rings. The second-order valence-corrected chi connectivity index (χ2v) is 6.72. The van der Waals surface area contributed by atoms with Gasteiger partial charge in [-0.1, -0.05) is 23.7 Å². The predicted molar refractivity (Wildman–Crippen MR) is 114 cm³/mol. The first kappa shape index (κ1) is 22.8. The minimum Gasteiger partial charge on any atom is -0.490 e. The number of carbonyl (C=O) groups is 2. The third kappa shape index (κ3) is 5.75. The molecule has 0 aliphatic heterocycles. The lowest BCUT2D eigenvalue weighted by atomic mass is 10.1. The molecule has 0 spiro atoms. The Labute approximate surface area is 179 Å². The van der Waals surface area contributed by atoms with Gasteiger partial charge in [0.15, 0.2) is 18.1 Å². The zero-order chi connectivity index (χ0) is 22.3. The van der Waals surface area contributed by atoms with E-state index in [-0.39, 0.29) is 28.7 Å². The van der Waals surface area contributed by atoms with E-state index in [2.05, 4.69) is 5.32 Å². The molecular weight excluding hydrogens is 408 g/mol. The number of nitrogens with zero attached hydrogens (tertiary/aromatic N) is 1. The molecule has 2 rings (SSSR count). The van der Waals surface area contributed by atoms with Gasteiger partial charge in [0.25, 0.3) is 5.91 Å². The average molecular weight is 429 g/mol. The molecule has 7 nitrogen and oxygen atoms in total. The van der Waals surface area contributed by atoms with E-state index in [0.29, 0.717) is 11.3 Å². The predicted octanol–water partition coefficient (Wildman–Crippen LogP) is 4.36. The standard InChI is InChI=1S/C22H21ClN2O5/c1-4-29-19-10-15(9-17(23)21(19)30-12-20(26)27)8-16(11-24)22(28)25-18-7-5-6-13(2)14(18)3/h5-10H,4,12H2,1-3H3,(H,25,28)(H,26,27)/b16-8+. The molecule has 0 bridgehead atoms. The van der Waals surface area contributed by atoms with Crippen LogP contribution >= 0.6 is 11.6 Å². The van der Waals surface area contributed by atoms with Crippen LogP contribution in [0.15, 0.2) is 35.9 Å². The molecule has 0 aliphatic rings. The topological polar surface area (TPSA) is 109 Å². The van der Waals surface area contributed by atoms with E-state index >= 15 is 0 Å². The first-order valence-electron chi connectivity index (χ1n) is 9.07. The van der Waals surface area contributed by atoms with Crippen LogP contribution in [0.5, 0.6) is 11.5 Å². The Balaban J connectivity index is 2.36. The summed E-state index contributed by atoms with van der Waals surface area (Å²) in [6.45, 7) is 5.25. The molecule has 0 atom stereocenters. The van der Waals surface area contributed by atoms with Crippen LogP contribution in [0.2, 0.25) is 5.02 Å². The highest BCUT2D eigenvalue weighted by Gasteiger charge is 2.16. The fourth-order valence-corrected chi connectivity index (χ4v) is 2.87. The zero-order valence-corrected chi connectivity index (χ0v) is 17.5. The number of hydrogen-bond acceptors (Lipinski definition) is 5. The average Bonchev–Trinajstić information content (AvgIpc) is 2.69.